The van der Waals surface area contributed by atoms with Gasteiger partial charge in [-0.05, 0) is 65.3 Å². The zero-order chi connectivity index (χ0) is 18.2. The number of fused-ring (bicyclic) bond motifs is 1. The normalized spacial score (nSPS) is 18.2. The number of nitrogens with zero attached hydrogens (tertiary/aromatic N) is 1. The van der Waals surface area contributed by atoms with Gasteiger partial charge in [0.1, 0.15) is 0 Å². The highest BCUT2D eigenvalue weighted by atomic mass is 32.2. The Balaban J connectivity index is 2.03. The molecular formula is C21H21NO2S. The van der Waals surface area contributed by atoms with Crippen LogP contribution in [0.3, 0.4) is 0 Å². The molecule has 0 spiro atoms. The smallest absolute Gasteiger partial charge is 0.178 e. The van der Waals surface area contributed by atoms with Gasteiger partial charge in [0.15, 0.2) is 9.84 Å². The molecule has 1 aliphatic heterocycles. The fourth-order valence-electron chi connectivity index (χ4n) is 3.21. The van der Waals surface area contributed by atoms with E-state index >= 15 is 0 Å². The maximum atomic E-state index is 12.3. The average molecular weight is 351 g/mol. The Labute approximate surface area is 149 Å². The Morgan fingerprint density at radius 3 is 2.48 bits per heavy atom. The molecular weight excluding hydrogens is 330 g/mol. The largest absolute Gasteiger partial charge is 0.224 e. The fraction of sp³-hybridized carbons (Fsp3) is 0.286. The molecule has 0 radical (unpaired) electrons. The third-order valence-corrected chi connectivity index (χ3v) is 6.68. The average Bonchev–Trinajstić information content (AvgIpc) is 2.59. The van der Waals surface area contributed by atoms with Crippen molar-refractivity contribution in [2.45, 2.75) is 37.5 Å². The lowest BCUT2D eigenvalue weighted by Crippen LogP contribution is -2.30. The lowest BCUT2D eigenvalue weighted by atomic mass is 9.81. The van der Waals surface area contributed by atoms with Gasteiger partial charge in [0.2, 0.25) is 0 Å². The van der Waals surface area contributed by atoms with Crippen molar-refractivity contribution in [3.63, 3.8) is 0 Å². The second-order valence-electron chi connectivity index (χ2n) is 7.22. The van der Waals surface area contributed by atoms with Crippen LogP contribution in [0.5, 0.6) is 0 Å². The van der Waals surface area contributed by atoms with Gasteiger partial charge < -0.3 is 0 Å². The van der Waals surface area contributed by atoms with Crippen LogP contribution in [0.2, 0.25) is 0 Å². The van der Waals surface area contributed by atoms with Gasteiger partial charge in [-0.25, -0.2) is 8.42 Å². The SMILES string of the molecule is C/C(=C\c1ccc2c(c1)C(C)(C)CCS2(=O)=O)c1ccc(C#N)cc1. The molecule has 4 heteroatoms. The number of rotatable bonds is 2. The highest BCUT2D eigenvalue weighted by Gasteiger charge is 2.35. The molecule has 1 aliphatic rings. The molecule has 0 bridgehead atoms. The lowest BCUT2D eigenvalue weighted by molar-refractivity contribution is 0.473. The van der Waals surface area contributed by atoms with Crippen LogP contribution in [0, 0.1) is 11.3 Å². The van der Waals surface area contributed by atoms with E-state index in [0.717, 1.165) is 22.3 Å². The van der Waals surface area contributed by atoms with Gasteiger partial charge in [0, 0.05) is 0 Å². The standard InChI is InChI=1S/C21H21NO2S/c1-15(18-7-4-16(14-22)5-8-18)12-17-6-9-20-19(13-17)21(2,3)10-11-25(20,23)24/h4-9,12-13H,10-11H2,1-3H3/b15-12+. The first-order chi connectivity index (χ1) is 11.7. The number of hydrogen-bond donors (Lipinski definition) is 0. The van der Waals surface area contributed by atoms with E-state index in [2.05, 4.69) is 26.0 Å². The summed E-state index contributed by atoms with van der Waals surface area (Å²) in [7, 11) is -3.17. The summed E-state index contributed by atoms with van der Waals surface area (Å²) in [6.45, 7) is 6.21. The van der Waals surface area contributed by atoms with Crippen molar-refractivity contribution < 1.29 is 8.42 Å². The van der Waals surface area contributed by atoms with Gasteiger partial charge in [-0.2, -0.15) is 5.26 Å². The van der Waals surface area contributed by atoms with Crippen LogP contribution in [0.4, 0.5) is 0 Å². The maximum absolute atomic E-state index is 12.3. The summed E-state index contributed by atoms with van der Waals surface area (Å²) in [4.78, 5) is 0.469. The molecule has 3 nitrogen and oxygen atoms in total. The Kier molecular flexibility index (Phi) is 4.30. The van der Waals surface area contributed by atoms with Gasteiger partial charge >= 0.3 is 0 Å². The van der Waals surface area contributed by atoms with Crippen molar-refractivity contribution in [3.05, 3.63) is 64.7 Å². The molecule has 128 valence electrons. The van der Waals surface area contributed by atoms with Crippen LogP contribution in [0.15, 0.2) is 47.4 Å². The van der Waals surface area contributed by atoms with Crippen LogP contribution < -0.4 is 0 Å². The van der Waals surface area contributed by atoms with Crippen molar-refractivity contribution in [1.29, 1.82) is 5.26 Å². The van der Waals surface area contributed by atoms with Crippen molar-refractivity contribution in [2.75, 3.05) is 5.75 Å². The summed E-state index contributed by atoms with van der Waals surface area (Å²) < 4.78 is 24.7. The zero-order valence-electron chi connectivity index (χ0n) is 14.7. The number of allylic oxidation sites excluding steroid dienone is 1. The van der Waals surface area contributed by atoms with Gasteiger partial charge in [0.25, 0.3) is 0 Å². The first-order valence-electron chi connectivity index (χ1n) is 8.29. The molecule has 2 aromatic rings. The fourth-order valence-corrected chi connectivity index (χ4v) is 5.16. The molecule has 0 aromatic heterocycles. The number of nitriles is 1. The van der Waals surface area contributed by atoms with E-state index in [1.165, 1.54) is 0 Å². The Morgan fingerprint density at radius 2 is 1.84 bits per heavy atom. The first kappa shape index (κ1) is 17.4. The van der Waals surface area contributed by atoms with E-state index < -0.39 is 9.84 Å². The first-order valence-corrected chi connectivity index (χ1v) is 9.94. The minimum absolute atomic E-state index is 0.146. The highest BCUT2D eigenvalue weighted by Crippen LogP contribution is 2.39. The molecule has 0 amide bonds. The minimum Gasteiger partial charge on any atom is -0.224 e. The van der Waals surface area contributed by atoms with Crippen molar-refractivity contribution in [1.82, 2.24) is 0 Å². The molecule has 0 saturated carbocycles. The monoisotopic (exact) mass is 351 g/mol. The number of benzene rings is 2. The zero-order valence-corrected chi connectivity index (χ0v) is 15.5. The van der Waals surface area contributed by atoms with Crippen molar-refractivity contribution in [2.24, 2.45) is 0 Å². The molecule has 3 rings (SSSR count). The third kappa shape index (κ3) is 3.38. The highest BCUT2D eigenvalue weighted by molar-refractivity contribution is 7.91. The topological polar surface area (TPSA) is 57.9 Å². The van der Waals surface area contributed by atoms with E-state index in [0.29, 0.717) is 16.9 Å². The molecule has 0 atom stereocenters. The Morgan fingerprint density at radius 1 is 1.16 bits per heavy atom. The van der Waals surface area contributed by atoms with Crippen LogP contribution >= 0.6 is 0 Å². The third-order valence-electron chi connectivity index (χ3n) is 4.92. The molecule has 0 N–H and O–H groups in total. The van der Waals surface area contributed by atoms with Crippen LogP contribution in [0.1, 0.15) is 49.4 Å². The van der Waals surface area contributed by atoms with Crippen LogP contribution in [0.25, 0.3) is 11.6 Å². The summed E-state index contributed by atoms with van der Waals surface area (Å²) in [5.74, 6) is 0.215. The van der Waals surface area contributed by atoms with E-state index in [-0.39, 0.29) is 11.2 Å². The van der Waals surface area contributed by atoms with Crippen molar-refractivity contribution in [3.8, 4) is 6.07 Å². The van der Waals surface area contributed by atoms with Gasteiger partial charge in [-0.15, -0.1) is 0 Å². The van der Waals surface area contributed by atoms with E-state index in [1.807, 2.05) is 31.2 Å². The van der Waals surface area contributed by atoms with Crippen LogP contribution in [-0.2, 0) is 15.3 Å². The summed E-state index contributed by atoms with van der Waals surface area (Å²) in [6, 6.07) is 15.2. The van der Waals surface area contributed by atoms with Crippen LogP contribution in [-0.4, -0.2) is 14.2 Å². The predicted octanol–water partition coefficient (Wildman–Crippen LogP) is 4.57. The summed E-state index contributed by atoms with van der Waals surface area (Å²) in [5, 5.41) is 8.89. The second kappa shape index (κ2) is 6.16. The Bertz CT molecular complexity index is 991. The van der Waals surface area contributed by atoms with Gasteiger partial charge in [-0.1, -0.05) is 38.1 Å². The minimum atomic E-state index is -3.17. The lowest BCUT2D eigenvalue weighted by Gasteiger charge is -2.32. The molecule has 0 aliphatic carbocycles. The molecule has 0 saturated heterocycles. The van der Waals surface area contributed by atoms with E-state index in [9.17, 15) is 8.42 Å². The van der Waals surface area contributed by atoms with Gasteiger partial charge in [0.05, 0.1) is 22.3 Å². The number of sulfone groups is 1. The van der Waals surface area contributed by atoms with E-state index in [1.54, 1.807) is 18.2 Å². The molecule has 1 heterocycles. The van der Waals surface area contributed by atoms with E-state index in [4.69, 9.17) is 5.26 Å². The molecule has 2 aromatic carbocycles. The number of hydrogen-bond acceptors (Lipinski definition) is 3. The summed E-state index contributed by atoms with van der Waals surface area (Å²) in [6.07, 6.45) is 2.70. The second-order valence-corrected chi connectivity index (χ2v) is 9.30. The van der Waals surface area contributed by atoms with Crippen molar-refractivity contribution >= 4 is 21.5 Å². The molecule has 25 heavy (non-hydrogen) atoms. The molecule has 0 fully saturated rings. The predicted molar refractivity (Wildman–Crippen MR) is 101 cm³/mol. The Hall–Kier alpha value is -2.38. The molecule has 0 unspecified atom stereocenters. The maximum Gasteiger partial charge on any atom is 0.178 e. The quantitative estimate of drug-likeness (QED) is 0.745. The van der Waals surface area contributed by atoms with Gasteiger partial charge in [-0.3, -0.25) is 0 Å². The summed E-state index contributed by atoms with van der Waals surface area (Å²) in [5.41, 5.74) is 4.50. The summed E-state index contributed by atoms with van der Waals surface area (Å²) >= 11 is 0.